The number of esters is 1. The van der Waals surface area contributed by atoms with Crippen molar-refractivity contribution in [3.8, 4) is 17.2 Å². The summed E-state index contributed by atoms with van der Waals surface area (Å²) in [5.74, 6) is 0.601. The number of hydrogen-bond acceptors (Lipinski definition) is 7. The Hall–Kier alpha value is -4.07. The molecular weight excluding hydrogens is 376 g/mol. The van der Waals surface area contributed by atoms with E-state index < -0.39 is 18.0 Å². The van der Waals surface area contributed by atoms with Crippen LogP contribution in [0.25, 0.3) is 0 Å². The highest BCUT2D eigenvalue weighted by Gasteiger charge is 2.26. The van der Waals surface area contributed by atoms with Gasteiger partial charge in [0.25, 0.3) is 5.91 Å². The number of nitrogens with zero attached hydrogens (tertiary/aromatic N) is 1. The summed E-state index contributed by atoms with van der Waals surface area (Å²) in [6, 6.07) is 16.9. The third kappa shape index (κ3) is 4.44. The first kappa shape index (κ1) is 18.3. The van der Waals surface area contributed by atoms with Crippen molar-refractivity contribution in [1.82, 2.24) is 5.43 Å². The fourth-order valence-corrected chi connectivity index (χ4v) is 2.57. The lowest BCUT2D eigenvalue weighted by Crippen LogP contribution is -2.42. The van der Waals surface area contributed by atoms with Crippen molar-refractivity contribution in [1.29, 1.82) is 0 Å². The number of furan rings is 1. The minimum atomic E-state index is -0.787. The number of ether oxygens (including phenoxy) is 3. The van der Waals surface area contributed by atoms with Crippen LogP contribution < -0.4 is 19.6 Å². The number of carbonyl (C=O) groups is 2. The molecular formula is C21H16N2O6. The highest BCUT2D eigenvalue weighted by atomic mass is 16.6. The van der Waals surface area contributed by atoms with E-state index in [1.165, 1.54) is 18.5 Å². The van der Waals surface area contributed by atoms with Crippen LogP contribution >= 0.6 is 0 Å². The van der Waals surface area contributed by atoms with Gasteiger partial charge in [-0.2, -0.15) is 5.10 Å². The van der Waals surface area contributed by atoms with Crippen LogP contribution in [0, 0.1) is 0 Å². The van der Waals surface area contributed by atoms with Crippen molar-refractivity contribution < 1.29 is 28.2 Å². The highest BCUT2D eigenvalue weighted by Crippen LogP contribution is 2.30. The zero-order valence-electron chi connectivity index (χ0n) is 15.1. The SMILES string of the molecule is O=C(Oc1ccc(/C=N\NC(=O)C2COc3ccccc3O2)cc1)c1ccco1. The molecule has 2 aromatic carbocycles. The average Bonchev–Trinajstić information content (AvgIpc) is 3.30. The van der Waals surface area contributed by atoms with Gasteiger partial charge in [0.1, 0.15) is 12.4 Å². The maximum Gasteiger partial charge on any atom is 0.379 e. The predicted octanol–water partition coefficient (Wildman–Crippen LogP) is 2.79. The van der Waals surface area contributed by atoms with Crippen molar-refractivity contribution in [3.63, 3.8) is 0 Å². The molecule has 0 saturated carbocycles. The van der Waals surface area contributed by atoms with Gasteiger partial charge < -0.3 is 18.6 Å². The summed E-state index contributed by atoms with van der Waals surface area (Å²) >= 11 is 0. The Bertz CT molecular complexity index is 1030. The number of fused-ring (bicyclic) bond motifs is 1. The summed E-state index contributed by atoms with van der Waals surface area (Å²) in [7, 11) is 0. The summed E-state index contributed by atoms with van der Waals surface area (Å²) in [6.45, 7) is 0.105. The second-order valence-electron chi connectivity index (χ2n) is 6.03. The van der Waals surface area contributed by atoms with Crippen LogP contribution in [0.4, 0.5) is 0 Å². The van der Waals surface area contributed by atoms with Gasteiger partial charge in [-0.25, -0.2) is 10.2 Å². The van der Waals surface area contributed by atoms with Crippen molar-refractivity contribution >= 4 is 18.1 Å². The van der Waals surface area contributed by atoms with Crippen LogP contribution in [-0.2, 0) is 4.79 Å². The second-order valence-corrected chi connectivity index (χ2v) is 6.03. The number of hydrogen-bond donors (Lipinski definition) is 1. The maximum atomic E-state index is 12.2. The number of amides is 1. The van der Waals surface area contributed by atoms with Crippen LogP contribution in [0.1, 0.15) is 16.1 Å². The molecule has 29 heavy (non-hydrogen) atoms. The molecule has 0 bridgehead atoms. The van der Waals surface area contributed by atoms with Gasteiger partial charge in [0.05, 0.1) is 12.5 Å². The van der Waals surface area contributed by atoms with Gasteiger partial charge in [-0.05, 0) is 54.1 Å². The second kappa shape index (κ2) is 8.30. The monoisotopic (exact) mass is 392 g/mol. The van der Waals surface area contributed by atoms with E-state index >= 15 is 0 Å². The van der Waals surface area contributed by atoms with Crippen molar-refractivity contribution in [2.24, 2.45) is 5.10 Å². The minimum Gasteiger partial charge on any atom is -0.485 e. The first-order valence-electron chi connectivity index (χ1n) is 8.76. The van der Waals surface area contributed by atoms with E-state index in [0.717, 1.165) is 0 Å². The zero-order chi connectivity index (χ0) is 20.1. The van der Waals surface area contributed by atoms with Gasteiger partial charge in [-0.15, -0.1) is 0 Å². The first-order valence-corrected chi connectivity index (χ1v) is 8.76. The molecule has 3 aromatic rings. The summed E-state index contributed by atoms with van der Waals surface area (Å²) in [5, 5.41) is 3.92. The standard InChI is InChI=1S/C21H16N2O6/c24-20(19-13-27-16-4-1-2-5-17(16)29-19)23-22-12-14-7-9-15(10-8-14)28-21(25)18-6-3-11-26-18/h1-12,19H,13H2,(H,23,24)/b22-12-. The fraction of sp³-hybridized carbons (Fsp3) is 0.0952. The molecule has 2 heterocycles. The summed E-state index contributed by atoms with van der Waals surface area (Å²) in [6.07, 6.45) is 2.08. The Balaban J connectivity index is 1.29. The molecule has 4 rings (SSSR count). The van der Waals surface area contributed by atoms with E-state index in [0.29, 0.717) is 22.8 Å². The van der Waals surface area contributed by atoms with E-state index in [4.69, 9.17) is 18.6 Å². The Morgan fingerprint density at radius 1 is 1.03 bits per heavy atom. The molecule has 8 nitrogen and oxygen atoms in total. The first-order chi connectivity index (χ1) is 14.2. The number of benzene rings is 2. The van der Waals surface area contributed by atoms with E-state index in [1.807, 2.05) is 6.07 Å². The maximum absolute atomic E-state index is 12.2. The minimum absolute atomic E-state index is 0.105. The molecule has 0 aliphatic carbocycles. The van der Waals surface area contributed by atoms with Gasteiger partial charge in [0, 0.05) is 0 Å². The molecule has 0 radical (unpaired) electrons. The third-order valence-electron chi connectivity index (χ3n) is 4.00. The molecule has 0 fully saturated rings. The molecule has 8 heteroatoms. The van der Waals surface area contributed by atoms with E-state index in [1.54, 1.807) is 48.5 Å². The molecule has 1 N–H and O–H groups in total. The van der Waals surface area contributed by atoms with Gasteiger partial charge >= 0.3 is 5.97 Å². The number of hydrazone groups is 1. The van der Waals surface area contributed by atoms with Gasteiger partial charge in [0.2, 0.25) is 11.9 Å². The predicted molar refractivity (Wildman–Crippen MR) is 102 cm³/mol. The van der Waals surface area contributed by atoms with Crippen molar-refractivity contribution in [2.75, 3.05) is 6.61 Å². The molecule has 0 spiro atoms. The normalized spacial score (nSPS) is 15.1. The van der Waals surface area contributed by atoms with Crippen LogP contribution in [0.5, 0.6) is 17.2 Å². The molecule has 1 aliphatic rings. The molecule has 146 valence electrons. The Labute approximate surface area is 165 Å². The van der Waals surface area contributed by atoms with Crippen molar-refractivity contribution in [2.45, 2.75) is 6.10 Å². The summed E-state index contributed by atoms with van der Waals surface area (Å²) < 4.78 is 21.3. The van der Waals surface area contributed by atoms with Crippen LogP contribution in [0.2, 0.25) is 0 Å². The van der Waals surface area contributed by atoms with Crippen LogP contribution in [0.15, 0.2) is 76.4 Å². The highest BCUT2D eigenvalue weighted by molar-refractivity contribution is 5.88. The summed E-state index contributed by atoms with van der Waals surface area (Å²) in [4.78, 5) is 24.0. The van der Waals surface area contributed by atoms with Crippen molar-refractivity contribution in [3.05, 3.63) is 78.3 Å². The molecule has 0 saturated heterocycles. The lowest BCUT2D eigenvalue weighted by molar-refractivity contribution is -0.130. The summed E-state index contributed by atoms with van der Waals surface area (Å²) in [5.41, 5.74) is 3.13. The third-order valence-corrected chi connectivity index (χ3v) is 4.00. The largest absolute Gasteiger partial charge is 0.485 e. The Morgan fingerprint density at radius 3 is 2.59 bits per heavy atom. The molecule has 1 atom stereocenters. The molecule has 1 amide bonds. The molecule has 1 unspecified atom stereocenters. The quantitative estimate of drug-likeness (QED) is 0.310. The van der Waals surface area contributed by atoms with E-state index in [2.05, 4.69) is 10.5 Å². The average molecular weight is 392 g/mol. The number of rotatable bonds is 5. The Kier molecular flexibility index (Phi) is 5.24. The number of nitrogens with one attached hydrogen (secondary N) is 1. The fourth-order valence-electron chi connectivity index (χ4n) is 2.57. The van der Waals surface area contributed by atoms with Crippen LogP contribution in [-0.4, -0.2) is 30.8 Å². The number of carbonyl (C=O) groups excluding carboxylic acids is 2. The van der Waals surface area contributed by atoms with Gasteiger partial charge in [-0.3, -0.25) is 4.79 Å². The Morgan fingerprint density at radius 2 is 1.83 bits per heavy atom. The lowest BCUT2D eigenvalue weighted by Gasteiger charge is -2.24. The molecule has 1 aliphatic heterocycles. The van der Waals surface area contributed by atoms with E-state index in [-0.39, 0.29) is 12.4 Å². The zero-order valence-corrected chi connectivity index (χ0v) is 15.1. The molecule has 1 aromatic heterocycles. The lowest BCUT2D eigenvalue weighted by atomic mass is 10.2. The van der Waals surface area contributed by atoms with Gasteiger partial charge in [-0.1, -0.05) is 12.1 Å². The van der Waals surface area contributed by atoms with E-state index in [9.17, 15) is 9.59 Å². The topological polar surface area (TPSA) is 99.4 Å². The number of para-hydroxylation sites is 2. The van der Waals surface area contributed by atoms with Gasteiger partial charge in [0.15, 0.2) is 11.5 Å². The smallest absolute Gasteiger partial charge is 0.379 e. The van der Waals surface area contributed by atoms with Crippen LogP contribution in [0.3, 0.4) is 0 Å².